The van der Waals surface area contributed by atoms with Gasteiger partial charge in [-0.1, -0.05) is 17.7 Å². The molecule has 1 N–H and O–H groups in total. The van der Waals surface area contributed by atoms with Crippen molar-refractivity contribution in [2.24, 2.45) is 0 Å². The first kappa shape index (κ1) is 25.9. The summed E-state index contributed by atoms with van der Waals surface area (Å²) in [5.41, 5.74) is 5.26. The summed E-state index contributed by atoms with van der Waals surface area (Å²) in [7, 11) is 0. The Morgan fingerprint density at radius 3 is 2.61 bits per heavy atom. The number of hydrogen-bond donors (Lipinski definition) is 1. The zero-order valence-electron chi connectivity index (χ0n) is 22.1. The molecule has 8 nitrogen and oxygen atoms in total. The van der Waals surface area contributed by atoms with Crippen LogP contribution in [0.2, 0.25) is 5.02 Å². The Morgan fingerprint density at radius 1 is 1.05 bits per heavy atom. The lowest BCUT2D eigenvalue weighted by atomic mass is 10.0. The van der Waals surface area contributed by atoms with Crippen LogP contribution < -0.4 is 10.1 Å². The van der Waals surface area contributed by atoms with Gasteiger partial charge in [0.05, 0.1) is 6.61 Å². The lowest BCUT2D eigenvalue weighted by molar-refractivity contribution is 0.0258. The number of pyridine rings is 1. The number of nitrogens with one attached hydrogen (secondary N) is 1. The lowest BCUT2D eigenvalue weighted by Gasteiger charge is -2.26. The second-order valence-electron chi connectivity index (χ2n) is 10.3. The number of carbonyl (C=O) groups is 1. The zero-order chi connectivity index (χ0) is 26.9. The van der Waals surface area contributed by atoms with Crippen LogP contribution in [0.4, 0.5) is 16.4 Å². The molecule has 1 aliphatic heterocycles. The van der Waals surface area contributed by atoms with Crippen LogP contribution >= 0.6 is 11.6 Å². The number of ether oxygens (including phenoxy) is 2. The molecule has 9 heteroatoms. The molecule has 0 radical (unpaired) electrons. The van der Waals surface area contributed by atoms with Gasteiger partial charge in [0.25, 0.3) is 0 Å². The largest absolute Gasteiger partial charge is 0.493 e. The van der Waals surface area contributed by atoms with Crippen LogP contribution in [0.25, 0.3) is 16.8 Å². The van der Waals surface area contributed by atoms with Crippen molar-refractivity contribution < 1.29 is 14.3 Å². The summed E-state index contributed by atoms with van der Waals surface area (Å²) in [6, 6.07) is 15.7. The molecule has 0 aliphatic carbocycles. The summed E-state index contributed by atoms with van der Waals surface area (Å²) >= 11 is 6.32. The molecule has 0 atom stereocenters. The van der Waals surface area contributed by atoms with Gasteiger partial charge in [0.2, 0.25) is 5.95 Å². The van der Waals surface area contributed by atoms with Gasteiger partial charge in [-0.3, -0.25) is 0 Å². The number of amides is 1. The highest BCUT2D eigenvalue weighted by molar-refractivity contribution is 6.31. The van der Waals surface area contributed by atoms with E-state index in [1.54, 1.807) is 9.42 Å². The Labute approximate surface area is 227 Å². The smallest absolute Gasteiger partial charge is 0.410 e. The Hall–Kier alpha value is -3.78. The standard InChI is InChI=1S/C29H32ClN5O3/c1-5-37-25-11-9-21(30)18-24(25)23-7-6-14-35-26(23)32-27(33-35)31-22-10-8-19-12-15-34(16-13-20(19)17-22)28(36)38-29(2,3)4/h6-11,14,17-18H,5,12-13,15-16H2,1-4H3,(H,31,33). The first-order chi connectivity index (χ1) is 18.2. The average Bonchev–Trinajstić information content (AvgIpc) is 3.15. The van der Waals surface area contributed by atoms with Gasteiger partial charge in [0.1, 0.15) is 11.4 Å². The highest BCUT2D eigenvalue weighted by Gasteiger charge is 2.24. The molecule has 1 amide bonds. The Bertz CT molecular complexity index is 1480. The summed E-state index contributed by atoms with van der Waals surface area (Å²) < 4.78 is 13.2. The molecule has 198 valence electrons. The van der Waals surface area contributed by atoms with E-state index in [2.05, 4.69) is 22.5 Å². The van der Waals surface area contributed by atoms with Crippen LogP contribution in [0.5, 0.6) is 5.75 Å². The molecule has 4 aromatic rings. The van der Waals surface area contributed by atoms with Crippen molar-refractivity contribution in [3.05, 3.63) is 70.9 Å². The summed E-state index contributed by atoms with van der Waals surface area (Å²) in [6.45, 7) is 9.41. The highest BCUT2D eigenvalue weighted by atomic mass is 35.5. The number of carbonyl (C=O) groups excluding carboxylic acids is 1. The molecule has 0 fully saturated rings. The van der Waals surface area contributed by atoms with Crippen molar-refractivity contribution in [2.75, 3.05) is 25.0 Å². The Morgan fingerprint density at radius 2 is 1.84 bits per heavy atom. The topological polar surface area (TPSA) is 81.0 Å². The van der Waals surface area contributed by atoms with Gasteiger partial charge in [-0.15, -0.1) is 5.10 Å². The number of hydrogen-bond acceptors (Lipinski definition) is 6. The number of anilines is 2. The van der Waals surface area contributed by atoms with Gasteiger partial charge in [-0.2, -0.15) is 4.98 Å². The minimum atomic E-state index is -0.508. The van der Waals surface area contributed by atoms with Crippen LogP contribution in [0, 0.1) is 0 Å². The normalized spacial score (nSPS) is 13.7. The minimum absolute atomic E-state index is 0.263. The van der Waals surface area contributed by atoms with Crippen molar-refractivity contribution in [1.29, 1.82) is 0 Å². The van der Waals surface area contributed by atoms with E-state index in [1.807, 2.05) is 70.3 Å². The zero-order valence-corrected chi connectivity index (χ0v) is 22.9. The quantitative estimate of drug-likeness (QED) is 0.314. The maximum Gasteiger partial charge on any atom is 0.410 e. The molecular weight excluding hydrogens is 502 g/mol. The maximum absolute atomic E-state index is 12.6. The molecule has 0 bridgehead atoms. The highest BCUT2D eigenvalue weighted by Crippen LogP contribution is 2.35. The van der Waals surface area contributed by atoms with E-state index in [9.17, 15) is 4.79 Å². The third kappa shape index (κ3) is 5.70. The van der Waals surface area contributed by atoms with Gasteiger partial charge in [-0.25, -0.2) is 9.31 Å². The predicted octanol–water partition coefficient (Wildman–Crippen LogP) is 6.53. The molecule has 1 aliphatic rings. The Kier molecular flexibility index (Phi) is 7.17. The second kappa shape index (κ2) is 10.5. The van der Waals surface area contributed by atoms with Crippen molar-refractivity contribution >= 4 is 35.0 Å². The molecule has 0 saturated heterocycles. The summed E-state index contributed by atoms with van der Waals surface area (Å²) in [4.78, 5) is 19.1. The number of benzene rings is 2. The van der Waals surface area contributed by atoms with Crippen molar-refractivity contribution in [2.45, 2.75) is 46.1 Å². The van der Waals surface area contributed by atoms with Crippen LogP contribution in [0.3, 0.4) is 0 Å². The van der Waals surface area contributed by atoms with Crippen molar-refractivity contribution in [3.63, 3.8) is 0 Å². The molecule has 3 heterocycles. The first-order valence-corrected chi connectivity index (χ1v) is 13.2. The average molecular weight is 534 g/mol. The fourth-order valence-corrected chi connectivity index (χ4v) is 4.78. The number of rotatable bonds is 5. The molecule has 0 saturated carbocycles. The van der Waals surface area contributed by atoms with Crippen LogP contribution in [0.1, 0.15) is 38.8 Å². The fourth-order valence-electron chi connectivity index (χ4n) is 4.60. The van der Waals surface area contributed by atoms with E-state index in [1.165, 1.54) is 11.1 Å². The first-order valence-electron chi connectivity index (χ1n) is 12.8. The third-order valence-corrected chi connectivity index (χ3v) is 6.55. The number of fused-ring (bicyclic) bond motifs is 2. The van der Waals surface area contributed by atoms with Gasteiger partial charge < -0.3 is 19.7 Å². The van der Waals surface area contributed by atoms with E-state index in [4.69, 9.17) is 26.1 Å². The Balaban J connectivity index is 1.37. The summed E-state index contributed by atoms with van der Waals surface area (Å²) in [5.74, 6) is 1.23. The molecule has 38 heavy (non-hydrogen) atoms. The van der Waals surface area contributed by atoms with Gasteiger partial charge >= 0.3 is 6.09 Å². The van der Waals surface area contributed by atoms with Gasteiger partial charge in [0, 0.05) is 41.1 Å². The van der Waals surface area contributed by atoms with E-state index < -0.39 is 5.60 Å². The van der Waals surface area contributed by atoms with Crippen molar-refractivity contribution in [1.82, 2.24) is 19.5 Å². The lowest BCUT2D eigenvalue weighted by Crippen LogP contribution is -2.38. The van der Waals surface area contributed by atoms with Crippen molar-refractivity contribution in [3.8, 4) is 16.9 Å². The molecular formula is C29H32ClN5O3. The predicted molar refractivity (Wildman–Crippen MR) is 150 cm³/mol. The number of nitrogens with zero attached hydrogens (tertiary/aromatic N) is 4. The molecule has 2 aromatic carbocycles. The minimum Gasteiger partial charge on any atom is -0.493 e. The van der Waals surface area contributed by atoms with E-state index >= 15 is 0 Å². The SMILES string of the molecule is CCOc1ccc(Cl)cc1-c1cccn2nc(Nc3ccc4c(c3)CCN(C(=O)OC(C)(C)C)CC4)nc12. The number of halogens is 1. The van der Waals surface area contributed by atoms with Gasteiger partial charge in [0.15, 0.2) is 5.65 Å². The fraction of sp³-hybridized carbons (Fsp3) is 0.345. The molecule has 0 spiro atoms. The summed E-state index contributed by atoms with van der Waals surface area (Å²) in [6.07, 6.45) is 3.14. The van der Waals surface area contributed by atoms with E-state index in [-0.39, 0.29) is 6.09 Å². The second-order valence-corrected chi connectivity index (χ2v) is 10.7. The molecule has 5 rings (SSSR count). The van der Waals surface area contributed by atoms with E-state index in [0.717, 1.165) is 35.4 Å². The third-order valence-electron chi connectivity index (χ3n) is 6.31. The maximum atomic E-state index is 12.6. The molecule has 2 aromatic heterocycles. The van der Waals surface area contributed by atoms with Gasteiger partial charge in [-0.05, 0) is 94.1 Å². The number of aromatic nitrogens is 3. The van der Waals surface area contributed by atoms with Crippen LogP contribution in [-0.4, -0.2) is 50.9 Å². The van der Waals surface area contributed by atoms with E-state index in [0.29, 0.717) is 36.3 Å². The van der Waals surface area contributed by atoms with Crippen LogP contribution in [0.15, 0.2) is 54.7 Å². The summed E-state index contributed by atoms with van der Waals surface area (Å²) in [5, 5.41) is 8.62. The van der Waals surface area contributed by atoms with Crippen LogP contribution in [-0.2, 0) is 17.6 Å². The molecule has 0 unspecified atom stereocenters. The monoisotopic (exact) mass is 533 g/mol.